The molecule has 0 bridgehead atoms. The summed E-state index contributed by atoms with van der Waals surface area (Å²) in [6.45, 7) is 0.658. The normalized spacial score (nSPS) is 10.5. The summed E-state index contributed by atoms with van der Waals surface area (Å²) in [5.74, 6) is 0.0476. The molecule has 1 aromatic carbocycles. The van der Waals surface area contributed by atoms with Gasteiger partial charge < -0.3 is 21.3 Å². The van der Waals surface area contributed by atoms with Crippen molar-refractivity contribution < 1.29 is 9.59 Å². The van der Waals surface area contributed by atoms with Crippen LogP contribution in [0.25, 0.3) is 0 Å². The summed E-state index contributed by atoms with van der Waals surface area (Å²) in [6, 6.07) is 10.5. The molecule has 7 heteroatoms. The predicted molar refractivity (Wildman–Crippen MR) is 93.4 cm³/mol. The second kappa shape index (κ2) is 8.07. The molecule has 7 nitrogen and oxygen atoms in total. The van der Waals surface area contributed by atoms with E-state index in [4.69, 9.17) is 5.73 Å². The number of aromatic nitrogens is 1. The average Bonchev–Trinajstić information content (AvgIpc) is 2.53. The highest BCUT2D eigenvalue weighted by Crippen LogP contribution is 2.11. The van der Waals surface area contributed by atoms with E-state index in [9.17, 15) is 9.59 Å². The molecule has 1 heterocycles. The number of benzene rings is 1. The maximum absolute atomic E-state index is 12.0. The van der Waals surface area contributed by atoms with Gasteiger partial charge in [0.05, 0.1) is 12.1 Å². The van der Waals surface area contributed by atoms with Crippen molar-refractivity contribution in [2.45, 2.75) is 6.54 Å². The molecule has 0 saturated heterocycles. The standard InChI is InChI=1S/C17H21N5O2/c1-22(2)11-16(23)21-14-5-3-4-12(8-14)9-20-17(24)13-6-7-15(18)19-10-13/h3-8,10H,9,11H2,1-2H3,(H2,18,19)(H,20,24)(H,21,23). The van der Waals surface area contributed by atoms with Crippen molar-refractivity contribution >= 4 is 23.3 Å². The van der Waals surface area contributed by atoms with Crippen LogP contribution in [0.15, 0.2) is 42.6 Å². The average molecular weight is 327 g/mol. The van der Waals surface area contributed by atoms with Gasteiger partial charge in [0.1, 0.15) is 5.82 Å². The van der Waals surface area contributed by atoms with E-state index in [1.165, 1.54) is 6.20 Å². The van der Waals surface area contributed by atoms with Crippen molar-refractivity contribution in [3.8, 4) is 0 Å². The molecule has 1 aromatic heterocycles. The number of carbonyl (C=O) groups is 2. The van der Waals surface area contributed by atoms with Gasteiger partial charge in [0, 0.05) is 18.4 Å². The van der Waals surface area contributed by atoms with Crippen molar-refractivity contribution in [1.29, 1.82) is 0 Å². The minimum Gasteiger partial charge on any atom is -0.384 e. The molecule has 2 aromatic rings. The SMILES string of the molecule is CN(C)CC(=O)Nc1cccc(CNC(=O)c2ccc(N)nc2)c1. The molecule has 0 spiro atoms. The molecule has 0 fully saturated rings. The lowest BCUT2D eigenvalue weighted by molar-refractivity contribution is -0.116. The Morgan fingerprint density at radius 3 is 2.67 bits per heavy atom. The maximum atomic E-state index is 12.0. The highest BCUT2D eigenvalue weighted by molar-refractivity contribution is 5.94. The molecule has 2 rings (SSSR count). The summed E-state index contributed by atoms with van der Waals surface area (Å²) in [6.07, 6.45) is 1.43. The number of pyridine rings is 1. The Hall–Kier alpha value is -2.93. The van der Waals surface area contributed by atoms with Gasteiger partial charge in [-0.3, -0.25) is 9.59 Å². The van der Waals surface area contributed by atoms with Crippen LogP contribution in [0.1, 0.15) is 15.9 Å². The predicted octanol–water partition coefficient (Wildman–Crippen LogP) is 1.09. The van der Waals surface area contributed by atoms with E-state index in [1.807, 2.05) is 38.4 Å². The Labute approximate surface area is 140 Å². The van der Waals surface area contributed by atoms with Crippen molar-refractivity contribution in [1.82, 2.24) is 15.2 Å². The molecule has 2 amide bonds. The van der Waals surface area contributed by atoms with Crippen LogP contribution in [0, 0.1) is 0 Å². The highest BCUT2D eigenvalue weighted by Gasteiger charge is 2.07. The fourth-order valence-electron chi connectivity index (χ4n) is 2.07. The van der Waals surface area contributed by atoms with Gasteiger partial charge in [-0.1, -0.05) is 12.1 Å². The Kier molecular flexibility index (Phi) is 5.86. The quantitative estimate of drug-likeness (QED) is 0.737. The summed E-state index contributed by atoms with van der Waals surface area (Å²) in [4.78, 5) is 29.5. The molecule has 0 atom stereocenters. The number of likely N-dealkylation sites (N-methyl/N-ethyl adjacent to an activating group) is 1. The molecule has 24 heavy (non-hydrogen) atoms. The van der Waals surface area contributed by atoms with Crippen LogP contribution in [0.3, 0.4) is 0 Å². The van der Waals surface area contributed by atoms with Gasteiger partial charge in [0.2, 0.25) is 5.91 Å². The van der Waals surface area contributed by atoms with E-state index >= 15 is 0 Å². The zero-order chi connectivity index (χ0) is 17.5. The summed E-state index contributed by atoms with van der Waals surface area (Å²) < 4.78 is 0. The van der Waals surface area contributed by atoms with E-state index in [2.05, 4.69) is 15.6 Å². The zero-order valence-electron chi connectivity index (χ0n) is 13.7. The number of nitrogen functional groups attached to an aromatic ring is 1. The monoisotopic (exact) mass is 327 g/mol. The highest BCUT2D eigenvalue weighted by atomic mass is 16.2. The lowest BCUT2D eigenvalue weighted by atomic mass is 10.2. The Morgan fingerprint density at radius 1 is 1.21 bits per heavy atom. The molecular weight excluding hydrogens is 306 g/mol. The summed E-state index contributed by atoms with van der Waals surface area (Å²) >= 11 is 0. The summed E-state index contributed by atoms with van der Waals surface area (Å²) in [5, 5.41) is 5.63. The largest absolute Gasteiger partial charge is 0.384 e. The molecule has 4 N–H and O–H groups in total. The molecule has 0 aliphatic heterocycles. The molecule has 0 saturated carbocycles. The van der Waals surface area contributed by atoms with Gasteiger partial charge in [-0.05, 0) is 43.9 Å². The van der Waals surface area contributed by atoms with Crippen LogP contribution in [0.5, 0.6) is 0 Å². The third-order valence-corrected chi connectivity index (χ3v) is 3.17. The number of hydrogen-bond donors (Lipinski definition) is 3. The minimum absolute atomic E-state index is 0.0888. The van der Waals surface area contributed by atoms with Crippen molar-refractivity contribution in [2.75, 3.05) is 31.7 Å². The number of nitrogens with one attached hydrogen (secondary N) is 2. The van der Waals surface area contributed by atoms with Crippen LogP contribution in [-0.2, 0) is 11.3 Å². The fraction of sp³-hybridized carbons (Fsp3) is 0.235. The third-order valence-electron chi connectivity index (χ3n) is 3.17. The van der Waals surface area contributed by atoms with E-state index in [0.29, 0.717) is 30.2 Å². The number of amides is 2. The number of rotatable bonds is 6. The number of anilines is 2. The van der Waals surface area contributed by atoms with E-state index in [0.717, 1.165) is 5.56 Å². The van der Waals surface area contributed by atoms with Crippen molar-refractivity contribution in [3.05, 3.63) is 53.7 Å². The molecule has 0 aliphatic carbocycles. The van der Waals surface area contributed by atoms with Gasteiger partial charge in [0.15, 0.2) is 0 Å². The van der Waals surface area contributed by atoms with Crippen molar-refractivity contribution in [2.24, 2.45) is 0 Å². The number of nitrogens with two attached hydrogens (primary N) is 1. The number of nitrogens with zero attached hydrogens (tertiary/aromatic N) is 2. The smallest absolute Gasteiger partial charge is 0.253 e. The van der Waals surface area contributed by atoms with E-state index in [1.54, 1.807) is 17.0 Å². The first kappa shape index (κ1) is 17.4. The third kappa shape index (κ3) is 5.36. The maximum Gasteiger partial charge on any atom is 0.253 e. The Balaban J connectivity index is 1.93. The van der Waals surface area contributed by atoms with Crippen molar-refractivity contribution in [3.63, 3.8) is 0 Å². The number of carbonyl (C=O) groups excluding carboxylic acids is 2. The van der Waals surface area contributed by atoms with Crippen LogP contribution in [0.4, 0.5) is 11.5 Å². The second-order valence-corrected chi connectivity index (χ2v) is 5.64. The second-order valence-electron chi connectivity index (χ2n) is 5.64. The Morgan fingerprint density at radius 2 is 2.00 bits per heavy atom. The van der Waals surface area contributed by atoms with Crippen LogP contribution in [-0.4, -0.2) is 42.3 Å². The lowest BCUT2D eigenvalue weighted by Gasteiger charge is -2.11. The van der Waals surface area contributed by atoms with Gasteiger partial charge >= 0.3 is 0 Å². The van der Waals surface area contributed by atoms with Gasteiger partial charge in [-0.15, -0.1) is 0 Å². The first-order valence-corrected chi connectivity index (χ1v) is 7.47. The van der Waals surface area contributed by atoms with Crippen LogP contribution >= 0.6 is 0 Å². The molecule has 0 radical (unpaired) electrons. The summed E-state index contributed by atoms with van der Waals surface area (Å²) in [5.41, 5.74) is 7.52. The Bertz CT molecular complexity index is 713. The first-order valence-electron chi connectivity index (χ1n) is 7.47. The zero-order valence-corrected chi connectivity index (χ0v) is 13.7. The topological polar surface area (TPSA) is 100 Å². The molecule has 126 valence electrons. The minimum atomic E-state index is -0.232. The fourth-order valence-corrected chi connectivity index (χ4v) is 2.07. The van der Waals surface area contributed by atoms with Gasteiger partial charge in [-0.25, -0.2) is 4.98 Å². The lowest BCUT2D eigenvalue weighted by Crippen LogP contribution is -2.27. The van der Waals surface area contributed by atoms with Gasteiger partial charge in [0.25, 0.3) is 5.91 Å². The van der Waals surface area contributed by atoms with E-state index in [-0.39, 0.29) is 11.8 Å². The number of hydrogen-bond acceptors (Lipinski definition) is 5. The van der Waals surface area contributed by atoms with Gasteiger partial charge in [-0.2, -0.15) is 0 Å². The van der Waals surface area contributed by atoms with Crippen LogP contribution in [0.2, 0.25) is 0 Å². The molecule has 0 aliphatic rings. The van der Waals surface area contributed by atoms with Crippen LogP contribution < -0.4 is 16.4 Å². The molecule has 0 unspecified atom stereocenters. The molecular formula is C17H21N5O2. The summed E-state index contributed by atoms with van der Waals surface area (Å²) in [7, 11) is 3.66. The van der Waals surface area contributed by atoms with E-state index < -0.39 is 0 Å². The first-order chi connectivity index (χ1) is 11.4.